The van der Waals surface area contributed by atoms with Crippen molar-refractivity contribution < 1.29 is 9.59 Å². The van der Waals surface area contributed by atoms with E-state index < -0.39 is 0 Å². The van der Waals surface area contributed by atoms with Crippen LogP contribution in [0.1, 0.15) is 11.8 Å². The third-order valence-electron chi connectivity index (χ3n) is 3.91. The van der Waals surface area contributed by atoms with E-state index in [0.29, 0.717) is 18.1 Å². The van der Waals surface area contributed by atoms with E-state index in [2.05, 4.69) is 29.8 Å². The Morgan fingerprint density at radius 1 is 1.57 bits per heavy atom. The third kappa shape index (κ3) is 4.03. The Bertz CT molecular complexity index is 566. The summed E-state index contributed by atoms with van der Waals surface area (Å²) in [5.74, 6) is 4.09. The number of hydrogen-bond donors (Lipinski definition) is 1. The maximum Gasteiger partial charge on any atom is 0.243 e. The fourth-order valence-electron chi connectivity index (χ4n) is 2.80. The molecule has 3 heterocycles. The van der Waals surface area contributed by atoms with Gasteiger partial charge in [0.05, 0.1) is 10.6 Å². The van der Waals surface area contributed by atoms with E-state index in [1.807, 2.05) is 16.7 Å². The lowest BCUT2D eigenvalue weighted by Gasteiger charge is -2.40. The zero-order chi connectivity index (χ0) is 16.3. The number of nitrogens with zero attached hydrogens (tertiary/aromatic N) is 1. The summed E-state index contributed by atoms with van der Waals surface area (Å²) in [6, 6.07) is 3.89. The topological polar surface area (TPSA) is 49.4 Å². The van der Waals surface area contributed by atoms with Gasteiger partial charge in [-0.3, -0.25) is 9.59 Å². The molecule has 23 heavy (non-hydrogen) atoms. The second kappa shape index (κ2) is 7.72. The molecule has 1 N–H and O–H groups in total. The Kier molecular flexibility index (Phi) is 5.87. The SMILES string of the molecule is CC12CSCC(=O)N1C(C(=O)NCCSCc1cccs1)CS2. The number of hydrogen-bond acceptors (Lipinski definition) is 6. The van der Waals surface area contributed by atoms with Gasteiger partial charge in [0.25, 0.3) is 0 Å². The first kappa shape index (κ1) is 17.5. The average molecular weight is 389 g/mol. The molecule has 3 rings (SSSR count). The number of carbonyl (C=O) groups is 2. The third-order valence-corrected chi connectivity index (χ3v) is 8.82. The van der Waals surface area contributed by atoms with Gasteiger partial charge >= 0.3 is 0 Å². The summed E-state index contributed by atoms with van der Waals surface area (Å²) in [4.78, 5) is 27.6. The summed E-state index contributed by atoms with van der Waals surface area (Å²) in [5, 5.41) is 5.09. The minimum atomic E-state index is -0.305. The van der Waals surface area contributed by atoms with Gasteiger partial charge in [0.15, 0.2) is 0 Å². The molecule has 2 saturated heterocycles. The normalized spacial score (nSPS) is 27.1. The van der Waals surface area contributed by atoms with E-state index in [-0.39, 0.29) is 22.7 Å². The van der Waals surface area contributed by atoms with Crippen LogP contribution in [0.25, 0.3) is 0 Å². The van der Waals surface area contributed by atoms with Gasteiger partial charge in [0, 0.05) is 34.4 Å². The second-order valence-corrected chi connectivity index (χ2v) is 10.3. The summed E-state index contributed by atoms with van der Waals surface area (Å²) in [7, 11) is 0. The molecule has 4 nitrogen and oxygen atoms in total. The first-order valence-electron chi connectivity index (χ1n) is 7.52. The number of carbonyl (C=O) groups excluding carboxylic acids is 2. The highest BCUT2D eigenvalue weighted by molar-refractivity contribution is 8.04. The fraction of sp³-hybridized carbons (Fsp3) is 0.600. The molecule has 2 atom stereocenters. The zero-order valence-electron chi connectivity index (χ0n) is 12.9. The zero-order valence-corrected chi connectivity index (χ0v) is 16.2. The maximum absolute atomic E-state index is 12.4. The second-order valence-electron chi connectivity index (χ2n) is 5.68. The van der Waals surface area contributed by atoms with Gasteiger partial charge in [0.2, 0.25) is 11.8 Å². The monoisotopic (exact) mass is 388 g/mol. The van der Waals surface area contributed by atoms with Crippen molar-refractivity contribution in [1.82, 2.24) is 10.2 Å². The lowest BCUT2D eigenvalue weighted by atomic mass is 10.2. The van der Waals surface area contributed by atoms with Crippen LogP contribution in [0.4, 0.5) is 0 Å². The lowest BCUT2D eigenvalue weighted by Crippen LogP contribution is -2.57. The van der Waals surface area contributed by atoms with Crippen LogP contribution in [-0.4, -0.2) is 57.2 Å². The Hall–Kier alpha value is -0.310. The van der Waals surface area contributed by atoms with Crippen LogP contribution in [0.3, 0.4) is 0 Å². The number of thiophene rings is 1. The molecular weight excluding hydrogens is 368 g/mol. The summed E-state index contributed by atoms with van der Waals surface area (Å²) < 4.78 is 0. The Morgan fingerprint density at radius 3 is 3.22 bits per heavy atom. The van der Waals surface area contributed by atoms with Crippen LogP contribution in [0.2, 0.25) is 0 Å². The van der Waals surface area contributed by atoms with Gasteiger partial charge in [-0.25, -0.2) is 0 Å². The van der Waals surface area contributed by atoms with Crippen LogP contribution in [0, 0.1) is 0 Å². The summed E-state index contributed by atoms with van der Waals surface area (Å²) in [6.45, 7) is 2.73. The Labute approximate surface area is 153 Å². The van der Waals surface area contributed by atoms with Crippen molar-refractivity contribution in [3.63, 3.8) is 0 Å². The average Bonchev–Trinajstić information content (AvgIpc) is 3.14. The van der Waals surface area contributed by atoms with Crippen molar-refractivity contribution in [3.8, 4) is 0 Å². The van der Waals surface area contributed by atoms with E-state index in [1.165, 1.54) is 4.88 Å². The van der Waals surface area contributed by atoms with E-state index in [9.17, 15) is 9.59 Å². The molecule has 0 bridgehead atoms. The molecule has 0 saturated carbocycles. The molecule has 126 valence electrons. The molecule has 2 aliphatic heterocycles. The molecule has 1 aromatic rings. The predicted molar refractivity (Wildman–Crippen MR) is 102 cm³/mol. The van der Waals surface area contributed by atoms with E-state index in [4.69, 9.17) is 0 Å². The van der Waals surface area contributed by atoms with Crippen molar-refractivity contribution in [2.45, 2.75) is 23.6 Å². The molecule has 2 fully saturated rings. The van der Waals surface area contributed by atoms with Crippen LogP contribution in [-0.2, 0) is 15.3 Å². The quantitative estimate of drug-likeness (QED) is 0.759. The highest BCUT2D eigenvalue weighted by Crippen LogP contribution is 2.44. The van der Waals surface area contributed by atoms with Crippen molar-refractivity contribution >= 4 is 58.4 Å². The highest BCUT2D eigenvalue weighted by Gasteiger charge is 2.50. The highest BCUT2D eigenvalue weighted by atomic mass is 32.2. The maximum atomic E-state index is 12.4. The summed E-state index contributed by atoms with van der Waals surface area (Å²) >= 11 is 6.99. The van der Waals surface area contributed by atoms with Crippen LogP contribution in [0.5, 0.6) is 0 Å². The standard InChI is InChI=1S/C15H20N2O2S4/c1-15-10-21-9-13(18)17(15)12(8-23-15)14(19)16-4-6-20-7-11-3-2-5-22-11/h2-3,5,12H,4,6-10H2,1H3,(H,16,19). The van der Waals surface area contributed by atoms with Crippen molar-refractivity contribution in [1.29, 1.82) is 0 Å². The van der Waals surface area contributed by atoms with Gasteiger partial charge in [-0.05, 0) is 18.4 Å². The van der Waals surface area contributed by atoms with Gasteiger partial charge in [-0.1, -0.05) is 6.07 Å². The molecule has 2 amide bonds. The van der Waals surface area contributed by atoms with Crippen LogP contribution < -0.4 is 5.32 Å². The molecule has 0 spiro atoms. The predicted octanol–water partition coefficient (Wildman–Crippen LogP) is 2.50. The van der Waals surface area contributed by atoms with Gasteiger partial charge in [-0.2, -0.15) is 11.8 Å². The van der Waals surface area contributed by atoms with Gasteiger partial charge in [0.1, 0.15) is 6.04 Å². The molecule has 1 aromatic heterocycles. The van der Waals surface area contributed by atoms with Crippen molar-refractivity contribution in [2.24, 2.45) is 0 Å². The van der Waals surface area contributed by atoms with Crippen LogP contribution >= 0.6 is 46.6 Å². The minimum Gasteiger partial charge on any atom is -0.353 e. The van der Waals surface area contributed by atoms with Crippen molar-refractivity contribution in [3.05, 3.63) is 22.4 Å². The fourth-order valence-corrected chi connectivity index (χ4v) is 7.20. The van der Waals surface area contributed by atoms with Crippen molar-refractivity contribution in [2.75, 3.05) is 29.6 Å². The summed E-state index contributed by atoms with van der Waals surface area (Å²) in [5.41, 5.74) is 0. The Balaban J connectivity index is 1.44. The number of thioether (sulfide) groups is 3. The lowest BCUT2D eigenvalue weighted by molar-refractivity contribution is -0.139. The summed E-state index contributed by atoms with van der Waals surface area (Å²) in [6.07, 6.45) is 0. The molecule has 0 radical (unpaired) electrons. The molecule has 2 unspecified atom stereocenters. The number of fused-ring (bicyclic) bond motifs is 1. The first-order chi connectivity index (χ1) is 11.1. The van der Waals surface area contributed by atoms with Crippen LogP contribution in [0.15, 0.2) is 17.5 Å². The van der Waals surface area contributed by atoms with E-state index >= 15 is 0 Å². The minimum absolute atomic E-state index is 0.00167. The molecule has 8 heteroatoms. The first-order valence-corrected chi connectivity index (χ1v) is 11.7. The van der Waals surface area contributed by atoms with E-state index in [0.717, 1.165) is 17.3 Å². The van der Waals surface area contributed by atoms with Gasteiger partial charge < -0.3 is 10.2 Å². The largest absolute Gasteiger partial charge is 0.353 e. The Morgan fingerprint density at radius 2 is 2.43 bits per heavy atom. The number of nitrogens with one attached hydrogen (secondary N) is 1. The molecule has 0 aromatic carbocycles. The van der Waals surface area contributed by atoms with Gasteiger partial charge in [-0.15, -0.1) is 34.9 Å². The molecular formula is C15H20N2O2S4. The molecule has 0 aliphatic carbocycles. The number of rotatable bonds is 6. The number of amides is 2. The smallest absolute Gasteiger partial charge is 0.243 e. The molecule has 2 aliphatic rings. The van der Waals surface area contributed by atoms with E-state index in [1.54, 1.807) is 34.9 Å².